The quantitative estimate of drug-likeness (QED) is 0.137. The summed E-state index contributed by atoms with van der Waals surface area (Å²) >= 11 is 1.46. The van der Waals surface area contributed by atoms with E-state index in [1.807, 2.05) is 19.9 Å². The van der Waals surface area contributed by atoms with E-state index in [1.165, 1.54) is 42.2 Å². The topological polar surface area (TPSA) is 37.3 Å². The van der Waals surface area contributed by atoms with Crippen molar-refractivity contribution >= 4 is 17.5 Å². The van der Waals surface area contributed by atoms with Gasteiger partial charge in [-0.05, 0) is 97.5 Å². The zero-order chi connectivity index (χ0) is 32.1. The molecule has 248 valence electrons. The summed E-state index contributed by atoms with van der Waals surface area (Å²) in [5, 5.41) is 10.1. The fourth-order valence-corrected chi connectivity index (χ4v) is 8.37. The highest BCUT2D eigenvalue weighted by molar-refractivity contribution is 7.99. The monoisotopic (exact) mass is 634 g/mol. The lowest BCUT2D eigenvalue weighted by atomic mass is 9.61. The first kappa shape index (κ1) is 37.9. The standard InChI is InChI=1S/C33H49F5O2S.C2H6/c1-3-17-31(2)29(15-16-30(31)40)28-23-24-13-14-27(39)22-26(24)21-25(28)12-9-7-5-4-6-8-10-19-41-20-11-18-32(34,35)33(36,37)38;1-2/h13-14,22,25,28-29,39H,3-12,15-21,23H2,1-2H3;1-2H3/t25-,28?,29?,31?;/m1./s1. The van der Waals surface area contributed by atoms with Gasteiger partial charge in [-0.25, -0.2) is 0 Å². The Morgan fingerprint density at radius 2 is 1.53 bits per heavy atom. The molecule has 3 unspecified atom stereocenters. The molecule has 0 aromatic heterocycles. The number of phenolic OH excluding ortho intramolecular Hbond substituents is 1. The number of unbranched alkanes of at least 4 members (excludes halogenated alkanes) is 6. The van der Waals surface area contributed by atoms with Crippen LogP contribution in [0.15, 0.2) is 18.2 Å². The fourth-order valence-electron chi connectivity index (χ4n) is 7.41. The summed E-state index contributed by atoms with van der Waals surface area (Å²) in [5.74, 6) is -1.19. The number of carbonyl (C=O) groups is 1. The predicted octanol–water partition coefficient (Wildman–Crippen LogP) is 11.4. The Morgan fingerprint density at radius 1 is 0.907 bits per heavy atom. The van der Waals surface area contributed by atoms with Gasteiger partial charge in [0.25, 0.3) is 0 Å². The summed E-state index contributed by atoms with van der Waals surface area (Å²) in [6.45, 7) is 8.39. The minimum absolute atomic E-state index is 0.124. The van der Waals surface area contributed by atoms with Crippen LogP contribution in [0.25, 0.3) is 0 Å². The van der Waals surface area contributed by atoms with E-state index in [1.54, 1.807) is 6.07 Å². The highest BCUT2D eigenvalue weighted by Crippen LogP contribution is 2.52. The molecule has 8 heteroatoms. The van der Waals surface area contributed by atoms with Gasteiger partial charge in [-0.3, -0.25) is 4.79 Å². The summed E-state index contributed by atoms with van der Waals surface area (Å²) in [5.41, 5.74) is 2.39. The molecule has 0 saturated heterocycles. The molecule has 2 aliphatic carbocycles. The molecule has 1 aromatic carbocycles. The lowest BCUT2D eigenvalue weighted by Crippen LogP contribution is -2.40. The van der Waals surface area contributed by atoms with Crippen molar-refractivity contribution in [1.29, 1.82) is 0 Å². The Bertz CT molecular complexity index is 966. The van der Waals surface area contributed by atoms with Gasteiger partial charge < -0.3 is 5.11 Å². The molecule has 1 N–H and O–H groups in total. The Balaban J connectivity index is 0.00000316. The van der Waals surface area contributed by atoms with Gasteiger partial charge in [0.2, 0.25) is 0 Å². The number of phenols is 1. The van der Waals surface area contributed by atoms with Crippen molar-refractivity contribution in [3.05, 3.63) is 29.3 Å². The molecule has 0 spiro atoms. The van der Waals surface area contributed by atoms with Crippen LogP contribution in [-0.2, 0) is 17.6 Å². The maximum atomic E-state index is 13.0. The maximum Gasteiger partial charge on any atom is 0.453 e. The van der Waals surface area contributed by atoms with Crippen molar-refractivity contribution in [2.75, 3.05) is 11.5 Å². The van der Waals surface area contributed by atoms with Gasteiger partial charge in [0.05, 0.1) is 0 Å². The molecule has 3 rings (SSSR count). The second-order valence-electron chi connectivity index (χ2n) is 12.7. The van der Waals surface area contributed by atoms with Crippen LogP contribution in [0.5, 0.6) is 5.75 Å². The highest BCUT2D eigenvalue weighted by Gasteiger charge is 2.56. The van der Waals surface area contributed by atoms with Crippen molar-refractivity contribution < 1.29 is 31.9 Å². The van der Waals surface area contributed by atoms with Gasteiger partial charge in [0, 0.05) is 18.3 Å². The SMILES string of the molecule is CC.CCCC1(C)C(=O)CCC1C1Cc2ccc(O)cc2C[C@H]1CCCCCCCCCSCCCC(F)(F)C(F)(F)F. The second-order valence-corrected chi connectivity index (χ2v) is 13.9. The molecule has 1 fully saturated rings. The molecule has 1 saturated carbocycles. The van der Waals surface area contributed by atoms with E-state index in [-0.39, 0.29) is 11.8 Å². The third kappa shape index (κ3) is 10.9. The van der Waals surface area contributed by atoms with Crippen LogP contribution in [0.3, 0.4) is 0 Å². The lowest BCUT2D eigenvalue weighted by molar-refractivity contribution is -0.284. The smallest absolute Gasteiger partial charge is 0.453 e. The van der Waals surface area contributed by atoms with Crippen molar-refractivity contribution in [2.45, 2.75) is 143 Å². The summed E-state index contributed by atoms with van der Waals surface area (Å²) in [4.78, 5) is 13.0. The summed E-state index contributed by atoms with van der Waals surface area (Å²) < 4.78 is 62.4. The molecule has 4 atom stereocenters. The molecule has 0 radical (unpaired) electrons. The number of fused-ring (bicyclic) bond motifs is 1. The molecule has 2 nitrogen and oxygen atoms in total. The number of halogens is 5. The average Bonchev–Trinajstić information content (AvgIpc) is 3.24. The van der Waals surface area contributed by atoms with Crippen LogP contribution >= 0.6 is 11.8 Å². The highest BCUT2D eigenvalue weighted by atomic mass is 32.2. The van der Waals surface area contributed by atoms with E-state index >= 15 is 0 Å². The second kappa shape index (κ2) is 18.0. The number of ketones is 1. The van der Waals surface area contributed by atoms with Gasteiger partial charge in [-0.15, -0.1) is 0 Å². The lowest BCUT2D eigenvalue weighted by Gasteiger charge is -2.43. The maximum absolute atomic E-state index is 13.0. The normalized spacial score (nSPS) is 24.0. The van der Waals surface area contributed by atoms with Crippen LogP contribution in [-0.4, -0.2) is 34.5 Å². The Kier molecular flexibility index (Phi) is 15.8. The van der Waals surface area contributed by atoms with Gasteiger partial charge in [0.1, 0.15) is 11.5 Å². The number of carbonyl (C=O) groups excluding carboxylic acids is 1. The third-order valence-electron chi connectivity index (χ3n) is 9.71. The van der Waals surface area contributed by atoms with E-state index in [0.717, 1.165) is 70.0 Å². The number of hydrogen-bond acceptors (Lipinski definition) is 3. The predicted molar refractivity (Wildman–Crippen MR) is 169 cm³/mol. The van der Waals surface area contributed by atoms with Crippen LogP contribution in [0.1, 0.15) is 129 Å². The van der Waals surface area contributed by atoms with Gasteiger partial charge in [-0.2, -0.15) is 33.7 Å². The zero-order valence-corrected chi connectivity index (χ0v) is 27.7. The van der Waals surface area contributed by atoms with Crippen LogP contribution < -0.4 is 0 Å². The van der Waals surface area contributed by atoms with Gasteiger partial charge >= 0.3 is 12.1 Å². The fraction of sp³-hybridized carbons (Fsp3) is 0.800. The van der Waals surface area contributed by atoms with Crippen LogP contribution in [0.4, 0.5) is 22.0 Å². The first-order valence-corrected chi connectivity index (χ1v) is 17.9. The molecule has 0 amide bonds. The molecule has 43 heavy (non-hydrogen) atoms. The summed E-state index contributed by atoms with van der Waals surface area (Å²) in [6, 6.07) is 5.80. The molecule has 0 aliphatic heterocycles. The van der Waals surface area contributed by atoms with Gasteiger partial charge in [0.15, 0.2) is 0 Å². The van der Waals surface area contributed by atoms with Crippen molar-refractivity contribution in [1.82, 2.24) is 0 Å². The summed E-state index contributed by atoms with van der Waals surface area (Å²) in [6.07, 6.45) is 7.94. The zero-order valence-electron chi connectivity index (χ0n) is 26.8. The van der Waals surface area contributed by atoms with E-state index in [4.69, 9.17) is 0 Å². The summed E-state index contributed by atoms with van der Waals surface area (Å²) in [7, 11) is 0. The largest absolute Gasteiger partial charge is 0.508 e. The van der Waals surface area contributed by atoms with Crippen molar-refractivity contribution in [3.8, 4) is 5.75 Å². The number of rotatable bonds is 17. The number of aromatic hydroxyl groups is 1. The third-order valence-corrected chi connectivity index (χ3v) is 10.9. The van der Waals surface area contributed by atoms with Crippen molar-refractivity contribution in [3.63, 3.8) is 0 Å². The van der Waals surface area contributed by atoms with Crippen molar-refractivity contribution in [2.24, 2.45) is 23.2 Å². The Morgan fingerprint density at radius 3 is 2.19 bits per heavy atom. The first-order chi connectivity index (χ1) is 20.4. The number of hydrogen-bond donors (Lipinski definition) is 1. The Labute approximate surface area is 261 Å². The number of Topliss-reactive ketones (excluding diaryl/α,β-unsaturated/α-hetero) is 1. The first-order valence-electron chi connectivity index (χ1n) is 16.8. The molecule has 1 aromatic rings. The van der Waals surface area contributed by atoms with E-state index < -0.39 is 18.5 Å². The molecule has 2 aliphatic rings. The minimum atomic E-state index is -5.45. The number of alkyl halides is 5. The minimum Gasteiger partial charge on any atom is -0.508 e. The van der Waals surface area contributed by atoms with Crippen LogP contribution in [0.2, 0.25) is 0 Å². The molecule has 0 heterocycles. The average molecular weight is 635 g/mol. The van der Waals surface area contributed by atoms with E-state index in [2.05, 4.69) is 19.9 Å². The molecular weight excluding hydrogens is 579 g/mol. The molecule has 0 bridgehead atoms. The van der Waals surface area contributed by atoms with E-state index in [0.29, 0.717) is 41.5 Å². The van der Waals surface area contributed by atoms with Crippen LogP contribution in [0, 0.1) is 23.2 Å². The molecular formula is C35H55F5O2S. The number of thioether (sulfide) groups is 1. The Hall–Kier alpha value is -1.31. The van der Waals surface area contributed by atoms with Gasteiger partial charge in [-0.1, -0.05) is 78.7 Å². The number of benzene rings is 1. The van der Waals surface area contributed by atoms with E-state index in [9.17, 15) is 31.9 Å².